The summed E-state index contributed by atoms with van der Waals surface area (Å²) in [6, 6.07) is 8.50. The SMILES string of the molecule is N#CCc1ccc(S(=O)(=O)N2CCC(CCO)C2)cc1. The molecule has 2 rings (SSSR count). The third kappa shape index (κ3) is 3.18. The summed E-state index contributed by atoms with van der Waals surface area (Å²) in [5, 5.41) is 17.5. The molecule has 1 aromatic carbocycles. The molecule has 0 aliphatic carbocycles. The summed E-state index contributed by atoms with van der Waals surface area (Å²) < 4.78 is 26.4. The van der Waals surface area contributed by atoms with Crippen LogP contribution in [0.15, 0.2) is 29.2 Å². The van der Waals surface area contributed by atoms with Gasteiger partial charge in [-0.25, -0.2) is 8.42 Å². The summed E-state index contributed by atoms with van der Waals surface area (Å²) >= 11 is 0. The number of aliphatic hydroxyl groups excluding tert-OH is 1. The van der Waals surface area contributed by atoms with E-state index in [1.807, 2.05) is 6.07 Å². The van der Waals surface area contributed by atoms with Crippen LogP contribution < -0.4 is 0 Å². The van der Waals surface area contributed by atoms with Gasteiger partial charge in [-0.3, -0.25) is 0 Å². The maximum Gasteiger partial charge on any atom is 0.243 e. The molecule has 6 heteroatoms. The highest BCUT2D eigenvalue weighted by Crippen LogP contribution is 2.26. The van der Waals surface area contributed by atoms with Gasteiger partial charge in [-0.1, -0.05) is 12.1 Å². The Balaban J connectivity index is 2.13. The molecule has 20 heavy (non-hydrogen) atoms. The van der Waals surface area contributed by atoms with Gasteiger partial charge in [0.05, 0.1) is 17.4 Å². The van der Waals surface area contributed by atoms with E-state index in [1.165, 1.54) is 4.31 Å². The number of hydrogen-bond donors (Lipinski definition) is 1. The molecule has 1 aliphatic rings. The number of nitriles is 1. The maximum absolute atomic E-state index is 12.5. The molecule has 0 aromatic heterocycles. The van der Waals surface area contributed by atoms with Crippen LogP contribution in [0.4, 0.5) is 0 Å². The summed E-state index contributed by atoms with van der Waals surface area (Å²) in [5.41, 5.74) is 0.811. The Morgan fingerprint density at radius 3 is 2.65 bits per heavy atom. The molecule has 1 aromatic rings. The summed E-state index contributed by atoms with van der Waals surface area (Å²) in [6.45, 7) is 1.08. The van der Waals surface area contributed by atoms with Crippen LogP contribution in [-0.2, 0) is 16.4 Å². The van der Waals surface area contributed by atoms with E-state index in [0.29, 0.717) is 19.5 Å². The van der Waals surface area contributed by atoms with E-state index < -0.39 is 10.0 Å². The Labute approximate surface area is 119 Å². The van der Waals surface area contributed by atoms with E-state index in [-0.39, 0.29) is 23.8 Å². The first kappa shape index (κ1) is 15.0. The maximum atomic E-state index is 12.5. The average Bonchev–Trinajstić information content (AvgIpc) is 2.90. The van der Waals surface area contributed by atoms with Crippen molar-refractivity contribution < 1.29 is 13.5 Å². The fourth-order valence-corrected chi connectivity index (χ4v) is 3.98. The molecule has 5 nitrogen and oxygen atoms in total. The van der Waals surface area contributed by atoms with Crippen molar-refractivity contribution in [2.75, 3.05) is 19.7 Å². The first-order valence-electron chi connectivity index (χ1n) is 6.65. The lowest BCUT2D eigenvalue weighted by atomic mass is 10.1. The van der Waals surface area contributed by atoms with Crippen molar-refractivity contribution in [3.05, 3.63) is 29.8 Å². The smallest absolute Gasteiger partial charge is 0.243 e. The van der Waals surface area contributed by atoms with E-state index in [4.69, 9.17) is 10.4 Å². The molecule has 0 radical (unpaired) electrons. The molecule has 1 fully saturated rings. The minimum Gasteiger partial charge on any atom is -0.396 e. The van der Waals surface area contributed by atoms with Gasteiger partial charge in [0.15, 0.2) is 0 Å². The van der Waals surface area contributed by atoms with Gasteiger partial charge in [-0.15, -0.1) is 0 Å². The van der Waals surface area contributed by atoms with E-state index in [9.17, 15) is 8.42 Å². The molecule has 108 valence electrons. The fourth-order valence-electron chi connectivity index (χ4n) is 2.45. The highest BCUT2D eigenvalue weighted by Gasteiger charge is 2.32. The van der Waals surface area contributed by atoms with Crippen molar-refractivity contribution in [3.63, 3.8) is 0 Å². The predicted molar refractivity (Wildman–Crippen MR) is 74.3 cm³/mol. The van der Waals surface area contributed by atoms with Crippen molar-refractivity contribution >= 4 is 10.0 Å². The Morgan fingerprint density at radius 2 is 2.05 bits per heavy atom. The van der Waals surface area contributed by atoms with Crippen LogP contribution in [0.3, 0.4) is 0 Å². The van der Waals surface area contributed by atoms with Gasteiger partial charge in [-0.2, -0.15) is 9.57 Å². The molecule has 1 N–H and O–H groups in total. The second-order valence-corrected chi connectivity index (χ2v) is 6.95. The van der Waals surface area contributed by atoms with Crippen molar-refractivity contribution in [1.82, 2.24) is 4.31 Å². The first-order valence-corrected chi connectivity index (χ1v) is 8.09. The Hall–Kier alpha value is -1.42. The van der Waals surface area contributed by atoms with Crippen LogP contribution in [-0.4, -0.2) is 37.5 Å². The van der Waals surface area contributed by atoms with Crippen LogP contribution in [0.1, 0.15) is 18.4 Å². The van der Waals surface area contributed by atoms with Gasteiger partial charge in [0.25, 0.3) is 0 Å². The Bertz CT molecular complexity index is 590. The van der Waals surface area contributed by atoms with Crippen molar-refractivity contribution in [2.24, 2.45) is 5.92 Å². The molecule has 0 spiro atoms. The van der Waals surface area contributed by atoms with Gasteiger partial charge in [0, 0.05) is 19.7 Å². The number of benzene rings is 1. The van der Waals surface area contributed by atoms with Crippen molar-refractivity contribution in [3.8, 4) is 6.07 Å². The molecule has 1 aliphatic heterocycles. The lowest BCUT2D eigenvalue weighted by Crippen LogP contribution is -2.29. The van der Waals surface area contributed by atoms with Crippen LogP contribution in [0.25, 0.3) is 0 Å². The third-order valence-corrected chi connectivity index (χ3v) is 5.51. The quantitative estimate of drug-likeness (QED) is 0.883. The van der Waals surface area contributed by atoms with Gasteiger partial charge < -0.3 is 5.11 Å². The van der Waals surface area contributed by atoms with E-state index in [0.717, 1.165) is 12.0 Å². The molecule has 1 unspecified atom stereocenters. The van der Waals surface area contributed by atoms with Crippen LogP contribution in [0.2, 0.25) is 0 Å². The topological polar surface area (TPSA) is 81.4 Å². The zero-order valence-corrected chi connectivity index (χ0v) is 12.0. The minimum atomic E-state index is -3.45. The summed E-state index contributed by atoms with van der Waals surface area (Å²) in [4.78, 5) is 0.267. The second-order valence-electron chi connectivity index (χ2n) is 5.01. The molecule has 1 atom stereocenters. The minimum absolute atomic E-state index is 0.0986. The van der Waals surface area contributed by atoms with Crippen molar-refractivity contribution in [2.45, 2.75) is 24.2 Å². The molecular formula is C14H18N2O3S. The van der Waals surface area contributed by atoms with E-state index >= 15 is 0 Å². The number of hydrogen-bond acceptors (Lipinski definition) is 4. The second kappa shape index (κ2) is 6.35. The Kier molecular flexibility index (Phi) is 4.76. The fraction of sp³-hybridized carbons (Fsp3) is 0.500. The van der Waals surface area contributed by atoms with Gasteiger partial charge in [-0.05, 0) is 36.5 Å². The van der Waals surface area contributed by atoms with Crippen molar-refractivity contribution in [1.29, 1.82) is 5.26 Å². The van der Waals surface area contributed by atoms with Crippen LogP contribution in [0.5, 0.6) is 0 Å². The highest BCUT2D eigenvalue weighted by molar-refractivity contribution is 7.89. The third-order valence-electron chi connectivity index (χ3n) is 3.63. The molecule has 0 saturated carbocycles. The largest absolute Gasteiger partial charge is 0.396 e. The lowest BCUT2D eigenvalue weighted by Gasteiger charge is -2.16. The number of aliphatic hydroxyl groups is 1. The lowest BCUT2D eigenvalue weighted by molar-refractivity contribution is 0.259. The number of nitrogens with zero attached hydrogens (tertiary/aromatic N) is 2. The zero-order valence-electron chi connectivity index (χ0n) is 11.2. The Morgan fingerprint density at radius 1 is 1.35 bits per heavy atom. The average molecular weight is 294 g/mol. The molecule has 1 heterocycles. The summed E-state index contributed by atoms with van der Waals surface area (Å²) in [5.74, 6) is 0.243. The highest BCUT2D eigenvalue weighted by atomic mass is 32.2. The standard InChI is InChI=1S/C14H18N2O3S/c15-8-5-12-1-3-14(4-2-12)20(18,19)16-9-6-13(11-16)7-10-17/h1-4,13,17H,5-7,9-11H2. The van der Waals surface area contributed by atoms with Gasteiger partial charge in [0.2, 0.25) is 10.0 Å². The van der Waals surface area contributed by atoms with E-state index in [1.54, 1.807) is 24.3 Å². The number of rotatable bonds is 5. The summed E-state index contributed by atoms with van der Waals surface area (Å²) in [6.07, 6.45) is 1.72. The molecular weight excluding hydrogens is 276 g/mol. The van der Waals surface area contributed by atoms with E-state index in [2.05, 4.69) is 0 Å². The van der Waals surface area contributed by atoms with Crippen LogP contribution in [0, 0.1) is 17.2 Å². The molecule has 1 saturated heterocycles. The van der Waals surface area contributed by atoms with Crippen LogP contribution >= 0.6 is 0 Å². The van der Waals surface area contributed by atoms with Gasteiger partial charge >= 0.3 is 0 Å². The first-order chi connectivity index (χ1) is 9.57. The zero-order chi connectivity index (χ0) is 14.6. The normalized spacial score (nSPS) is 19.9. The molecule has 0 amide bonds. The molecule has 0 bridgehead atoms. The predicted octanol–water partition coefficient (Wildman–Crippen LogP) is 1.15. The monoisotopic (exact) mass is 294 g/mol. The van der Waals surface area contributed by atoms with Gasteiger partial charge in [0.1, 0.15) is 0 Å². The number of sulfonamides is 1. The summed E-state index contributed by atoms with van der Waals surface area (Å²) in [7, 11) is -3.45.